The molecule has 0 amide bonds. The fourth-order valence-electron chi connectivity index (χ4n) is 0. The Hall–Kier alpha value is 0.439. The summed E-state index contributed by atoms with van der Waals surface area (Å²) < 4.78 is 0. The van der Waals surface area contributed by atoms with Crippen molar-refractivity contribution in [3.05, 3.63) is 0 Å². The molecule has 0 fully saturated rings. The summed E-state index contributed by atoms with van der Waals surface area (Å²) in [7, 11) is 0. The van der Waals surface area contributed by atoms with Crippen LogP contribution in [0.4, 0.5) is 0 Å². The van der Waals surface area contributed by atoms with Crippen LogP contribution in [0, 0.1) is 0 Å². The Bertz CT molecular complexity index is 8.00. The molecule has 0 unspecified atom stereocenters. The molecule has 2 nitrogen and oxygen atoms in total. The normalized spacial score (nSPS) is 0. The summed E-state index contributed by atoms with van der Waals surface area (Å²) in [6.45, 7) is 0. The van der Waals surface area contributed by atoms with Crippen LogP contribution in [0.25, 0.3) is 0 Å². The van der Waals surface area contributed by atoms with E-state index in [9.17, 15) is 0 Å². The molecule has 0 aliphatic heterocycles. The molecular weight excluding hydrogens is 97.9 g/mol. The van der Waals surface area contributed by atoms with Crippen molar-refractivity contribution >= 4 is 0 Å². The first-order valence-electron chi connectivity index (χ1n) is 0. The van der Waals surface area contributed by atoms with Gasteiger partial charge < -0.3 is 11.6 Å². The molecule has 0 aromatic heterocycles. The van der Waals surface area contributed by atoms with Crippen LogP contribution in [0.15, 0.2) is 0 Å². The maximum atomic E-state index is 0. The third kappa shape index (κ3) is 26.2. The third-order valence-corrected chi connectivity index (χ3v) is 0. The molecule has 0 aliphatic rings. The van der Waals surface area contributed by atoms with E-state index in [-0.39, 0.29) is 36.1 Å². The molecule has 3 heteroatoms. The maximum Gasteiger partial charge on any atom is 0 e. The number of hydrogen-bond donors (Lipinski definition) is 1. The van der Waals surface area contributed by atoms with Gasteiger partial charge in [0.2, 0.25) is 0 Å². The summed E-state index contributed by atoms with van der Waals surface area (Å²) in [6, 6.07) is 0. The van der Waals surface area contributed by atoms with Crippen LogP contribution in [-0.4, -0.2) is 5.48 Å². The molecule has 5 N–H and O–H groups in total. The zero-order valence-electron chi connectivity index (χ0n) is 1.56. The topological polar surface area (TPSA) is 66.5 Å². The smallest absolute Gasteiger partial charge is 0 e. The van der Waals surface area contributed by atoms with Gasteiger partial charge in [0.1, 0.15) is 0 Å². The monoisotopic (exact) mass is 107 g/mol. The van der Waals surface area contributed by atoms with Gasteiger partial charge in [0.25, 0.3) is 0 Å². The quantitative estimate of drug-likeness (QED) is 0.434. The summed E-state index contributed by atoms with van der Waals surface area (Å²) >= 11 is 0. The van der Waals surface area contributed by atoms with Crippen LogP contribution >= 0.6 is 0 Å². The van der Waals surface area contributed by atoms with Gasteiger partial charge in [-0.15, -0.1) is 0 Å². The molecule has 0 aromatic rings. The summed E-state index contributed by atoms with van der Waals surface area (Å²) in [5.41, 5.74) is 0. The van der Waals surface area contributed by atoms with Crippen molar-refractivity contribution in [3.8, 4) is 0 Å². The van der Waals surface area contributed by atoms with E-state index in [1.165, 1.54) is 0 Å². The predicted octanol–water partition coefficient (Wildman–Crippen LogP) is -0.0291. The van der Waals surface area contributed by atoms with Crippen molar-refractivity contribution in [2.45, 2.75) is 7.43 Å². The van der Waals surface area contributed by atoms with E-state index >= 15 is 0 Å². The fourth-order valence-corrected chi connectivity index (χ4v) is 0. The second-order valence-electron chi connectivity index (χ2n) is 0. The van der Waals surface area contributed by atoms with Crippen LogP contribution in [0.3, 0.4) is 0 Å². The van der Waals surface area contributed by atoms with Crippen molar-refractivity contribution in [3.63, 3.8) is 0 Å². The van der Waals surface area contributed by atoms with Gasteiger partial charge in [-0.05, 0) is 0 Å². The van der Waals surface area contributed by atoms with Crippen molar-refractivity contribution in [2.75, 3.05) is 0 Å². The summed E-state index contributed by atoms with van der Waals surface area (Å²) in [6.07, 6.45) is 0. The third-order valence-electron chi connectivity index (χ3n) is 0. The van der Waals surface area contributed by atoms with Crippen LogP contribution < -0.4 is 6.15 Å². The molecule has 0 heterocycles. The molecule has 0 rings (SSSR count). The van der Waals surface area contributed by atoms with Gasteiger partial charge in [-0.2, -0.15) is 0 Å². The Kier molecular flexibility index (Phi) is 7200. The first kappa shape index (κ1) is 272. The molecule has 0 bridgehead atoms. The van der Waals surface area contributed by atoms with Gasteiger partial charge in [-0.3, -0.25) is 0 Å². The van der Waals surface area contributed by atoms with Gasteiger partial charge in [-0.1, -0.05) is 7.43 Å². The van der Waals surface area contributed by atoms with Crippen LogP contribution in [0.5, 0.6) is 0 Å². The second-order valence-corrected chi connectivity index (χ2v) is 0. The van der Waals surface area contributed by atoms with Crippen LogP contribution in [0.2, 0.25) is 0 Å². The molecule has 32 valence electrons. The minimum Gasteiger partial charge on any atom is -0.412 e. The van der Waals surface area contributed by atoms with E-state index in [1.807, 2.05) is 0 Å². The van der Waals surface area contributed by atoms with E-state index in [0.29, 0.717) is 0 Å². The first-order valence-corrected chi connectivity index (χ1v) is 0. The van der Waals surface area contributed by atoms with Gasteiger partial charge in [-0.25, -0.2) is 0 Å². The molecular formula is CH9FeNO. The molecule has 0 saturated heterocycles. The van der Waals surface area contributed by atoms with Crippen LogP contribution in [-0.2, 0) is 17.1 Å². The van der Waals surface area contributed by atoms with Gasteiger partial charge in [0.05, 0.1) is 0 Å². The van der Waals surface area contributed by atoms with Gasteiger partial charge >= 0.3 is 0 Å². The van der Waals surface area contributed by atoms with E-state index in [0.717, 1.165) is 0 Å². The zero-order valence-corrected chi connectivity index (χ0v) is 2.66. The molecule has 0 spiro atoms. The Morgan fingerprint density at radius 2 is 1.00 bits per heavy atom. The zero-order chi connectivity index (χ0) is 0. The molecule has 0 aromatic carbocycles. The Morgan fingerprint density at radius 1 is 1.00 bits per heavy atom. The van der Waals surface area contributed by atoms with E-state index < -0.39 is 0 Å². The van der Waals surface area contributed by atoms with Gasteiger partial charge in [0.15, 0.2) is 0 Å². The molecule has 0 atom stereocenters. The fraction of sp³-hybridized carbons (Fsp3) is 1.00. The summed E-state index contributed by atoms with van der Waals surface area (Å²) in [4.78, 5) is 0. The SMILES string of the molecule is C.N.O.[Fe]. The number of rotatable bonds is 0. The van der Waals surface area contributed by atoms with E-state index in [4.69, 9.17) is 0 Å². The predicted molar refractivity (Wildman–Crippen MR) is 15.4 cm³/mol. The van der Waals surface area contributed by atoms with Crippen molar-refractivity contribution in [2.24, 2.45) is 0 Å². The standard InChI is InChI=1S/CH4.Fe.H3N.H2O/h1H4;;1H3;1H2. The maximum absolute atomic E-state index is 0. The summed E-state index contributed by atoms with van der Waals surface area (Å²) in [5, 5.41) is 0. The van der Waals surface area contributed by atoms with Crippen molar-refractivity contribution in [1.29, 1.82) is 0 Å². The minimum absolute atomic E-state index is 0. The van der Waals surface area contributed by atoms with Crippen LogP contribution in [0.1, 0.15) is 7.43 Å². The van der Waals surface area contributed by atoms with Gasteiger partial charge in [0, 0.05) is 17.1 Å². The van der Waals surface area contributed by atoms with E-state index in [1.54, 1.807) is 0 Å². The Labute approximate surface area is 37.0 Å². The average molecular weight is 107 g/mol. The van der Waals surface area contributed by atoms with E-state index in [2.05, 4.69) is 0 Å². The summed E-state index contributed by atoms with van der Waals surface area (Å²) in [5.74, 6) is 0. The average Bonchev–Trinajstić information content (AvgIpc) is 0. The van der Waals surface area contributed by atoms with Crippen molar-refractivity contribution < 1.29 is 22.5 Å². The minimum atomic E-state index is 0. The molecule has 0 aliphatic carbocycles. The largest absolute Gasteiger partial charge is 0.412 e. The number of hydrogen-bond acceptors (Lipinski definition) is 1. The van der Waals surface area contributed by atoms with Crippen molar-refractivity contribution in [1.82, 2.24) is 6.15 Å². The molecule has 0 radical (unpaired) electrons. The Balaban J connectivity index is 0. The molecule has 0 saturated carbocycles. The first-order chi connectivity index (χ1) is 0. The second kappa shape index (κ2) is 106. The molecule has 4 heavy (non-hydrogen) atoms. The Morgan fingerprint density at radius 3 is 1.00 bits per heavy atom.